The van der Waals surface area contributed by atoms with Crippen molar-refractivity contribution in [2.45, 2.75) is 24.6 Å². The third-order valence-corrected chi connectivity index (χ3v) is 10.0. The maximum atomic E-state index is 12.7. The highest BCUT2D eigenvalue weighted by Gasteiger charge is 2.21. The predicted octanol–water partition coefficient (Wildman–Crippen LogP) is 7.50. The van der Waals surface area contributed by atoms with Crippen LogP contribution in [-0.2, 0) is 28.6 Å². The number of anilines is 1. The number of hydrogen-bond donors (Lipinski definition) is 3. The number of hydrogen-bond acceptors (Lipinski definition) is 5. The van der Waals surface area contributed by atoms with E-state index in [-0.39, 0.29) is 30.3 Å². The third kappa shape index (κ3) is 8.14. The minimum Gasteiger partial charge on any atom is -0.493 e. The smallest absolute Gasteiger partial charge is 0.335 e. The number of carboxylic acid groups (broad SMARTS) is 1. The molecule has 0 aliphatic carbocycles. The Labute approximate surface area is 290 Å². The van der Waals surface area contributed by atoms with E-state index in [4.69, 9.17) is 22.1 Å². The van der Waals surface area contributed by atoms with Gasteiger partial charge < -0.3 is 20.1 Å². The van der Waals surface area contributed by atoms with Gasteiger partial charge in [-0.15, -0.1) is 0 Å². The number of aromatic nitrogens is 1. The first kappa shape index (κ1) is 33.8. The van der Waals surface area contributed by atoms with Gasteiger partial charge in [-0.05, 0) is 76.7 Å². The largest absolute Gasteiger partial charge is 0.493 e. The van der Waals surface area contributed by atoms with Crippen LogP contribution in [0.2, 0.25) is 5.02 Å². The summed E-state index contributed by atoms with van der Waals surface area (Å²) in [5, 5.41) is 11.5. The summed E-state index contributed by atoms with van der Waals surface area (Å²) in [5.41, 5.74) is 11.8. The molecule has 1 heterocycles. The van der Waals surface area contributed by atoms with Crippen molar-refractivity contribution in [1.82, 2.24) is 9.29 Å². The molecule has 0 radical (unpaired) electrons. The molecule has 5 aromatic carbocycles. The molecule has 0 aliphatic heterocycles. The van der Waals surface area contributed by atoms with Crippen molar-refractivity contribution in [3.05, 3.63) is 166 Å². The summed E-state index contributed by atoms with van der Waals surface area (Å²) in [6.07, 6.45) is 2.89. The average molecular weight is 694 g/mol. The Morgan fingerprint density at radius 3 is 2.16 bits per heavy atom. The molecule has 0 aliphatic rings. The zero-order valence-electron chi connectivity index (χ0n) is 26.6. The van der Waals surface area contributed by atoms with Gasteiger partial charge in [0.15, 0.2) is 0 Å². The van der Waals surface area contributed by atoms with Gasteiger partial charge >= 0.3 is 5.97 Å². The Morgan fingerprint density at radius 2 is 1.49 bits per heavy atom. The highest BCUT2D eigenvalue weighted by molar-refractivity contribution is 7.88. The van der Waals surface area contributed by atoms with Crippen LogP contribution in [0.25, 0.3) is 10.9 Å². The van der Waals surface area contributed by atoms with Crippen molar-refractivity contribution < 1.29 is 23.1 Å². The lowest BCUT2D eigenvalue weighted by Crippen LogP contribution is -2.28. The molecule has 6 aromatic rings. The standard InChI is InChI=1S/C39H36ClN3O5S/c40-32-15-18-37-35(24-32)30(25-43(37)38(27-9-3-1-4-10-27)28-11-5-2-6-12-28)20-22-48-33-16-17-34(39(44)45)29(23-33)19-21-42-49(46,47)26-31-13-7-8-14-36(31)41/h1-18,23-25,38,42H,19-22,26,41H2,(H,44,45). The zero-order valence-corrected chi connectivity index (χ0v) is 28.2. The van der Waals surface area contributed by atoms with Gasteiger partial charge in [-0.3, -0.25) is 0 Å². The number of carboxylic acids is 1. The fourth-order valence-electron chi connectivity index (χ4n) is 6.11. The van der Waals surface area contributed by atoms with Crippen molar-refractivity contribution in [3.63, 3.8) is 0 Å². The Bertz CT molecular complexity index is 2150. The molecular weight excluding hydrogens is 658 g/mol. The van der Waals surface area contributed by atoms with Gasteiger partial charge in [0.25, 0.3) is 0 Å². The van der Waals surface area contributed by atoms with Crippen LogP contribution in [0.1, 0.15) is 44.2 Å². The van der Waals surface area contributed by atoms with E-state index in [0.717, 1.165) is 27.6 Å². The molecule has 0 spiro atoms. The predicted molar refractivity (Wildman–Crippen MR) is 195 cm³/mol. The number of aromatic carboxylic acids is 1. The summed E-state index contributed by atoms with van der Waals surface area (Å²) in [5.74, 6) is -0.876. The second-order valence-corrected chi connectivity index (χ2v) is 14.0. The maximum Gasteiger partial charge on any atom is 0.335 e. The number of nitrogen functional groups attached to an aromatic ring is 1. The van der Waals surface area contributed by atoms with Crippen LogP contribution in [0.3, 0.4) is 0 Å². The van der Waals surface area contributed by atoms with Crippen molar-refractivity contribution in [1.29, 1.82) is 0 Å². The Morgan fingerprint density at radius 1 is 0.816 bits per heavy atom. The van der Waals surface area contributed by atoms with Gasteiger partial charge in [-0.1, -0.05) is 90.5 Å². The second kappa shape index (κ2) is 15.0. The number of rotatable bonds is 14. The van der Waals surface area contributed by atoms with Crippen LogP contribution in [0.4, 0.5) is 5.69 Å². The third-order valence-electron chi connectivity index (χ3n) is 8.45. The highest BCUT2D eigenvalue weighted by atomic mass is 35.5. The molecule has 0 fully saturated rings. The van der Waals surface area contributed by atoms with E-state index in [1.54, 1.807) is 36.4 Å². The number of carbonyl (C=O) groups is 1. The molecular formula is C39H36ClN3O5S. The average Bonchev–Trinajstić information content (AvgIpc) is 3.43. The van der Waals surface area contributed by atoms with E-state index in [1.807, 2.05) is 54.6 Å². The minimum atomic E-state index is -3.70. The molecule has 0 bridgehead atoms. The van der Waals surface area contributed by atoms with E-state index in [0.29, 0.717) is 40.6 Å². The zero-order chi connectivity index (χ0) is 34.4. The molecule has 1 aromatic heterocycles. The molecule has 49 heavy (non-hydrogen) atoms. The molecule has 0 saturated carbocycles. The SMILES string of the molecule is Nc1ccccc1CS(=O)(=O)NCCc1cc(OCCc2cn(C(c3ccccc3)c3ccccc3)c3ccc(Cl)cc23)ccc1C(=O)O. The summed E-state index contributed by atoms with van der Waals surface area (Å²) >= 11 is 6.48. The van der Waals surface area contributed by atoms with Crippen molar-refractivity contribution in [2.75, 3.05) is 18.9 Å². The van der Waals surface area contributed by atoms with Gasteiger partial charge in [0, 0.05) is 40.8 Å². The quantitative estimate of drug-likeness (QED) is 0.102. The van der Waals surface area contributed by atoms with Crippen LogP contribution in [0, 0.1) is 0 Å². The molecule has 0 amide bonds. The molecule has 0 saturated heterocycles. The number of ether oxygens (including phenoxy) is 1. The maximum absolute atomic E-state index is 12.7. The van der Waals surface area contributed by atoms with Gasteiger partial charge in [-0.25, -0.2) is 17.9 Å². The van der Waals surface area contributed by atoms with E-state index in [2.05, 4.69) is 39.8 Å². The van der Waals surface area contributed by atoms with Gasteiger partial charge in [-0.2, -0.15) is 0 Å². The van der Waals surface area contributed by atoms with Gasteiger partial charge in [0.1, 0.15) is 5.75 Å². The number of sulfonamides is 1. The van der Waals surface area contributed by atoms with Gasteiger partial charge in [0.05, 0.1) is 24.0 Å². The number of nitrogens with zero attached hydrogens (tertiary/aromatic N) is 1. The number of halogens is 1. The number of para-hydroxylation sites is 1. The molecule has 8 nitrogen and oxygen atoms in total. The monoisotopic (exact) mass is 693 g/mol. The first-order valence-corrected chi connectivity index (χ1v) is 17.9. The van der Waals surface area contributed by atoms with Crippen LogP contribution in [-0.4, -0.2) is 37.2 Å². The molecule has 4 N–H and O–H groups in total. The summed E-state index contributed by atoms with van der Waals surface area (Å²) in [4.78, 5) is 12.0. The second-order valence-electron chi connectivity index (χ2n) is 11.8. The fourth-order valence-corrected chi connectivity index (χ4v) is 7.47. The number of nitrogens with one attached hydrogen (secondary N) is 1. The summed E-state index contributed by atoms with van der Waals surface area (Å²) in [6, 6.07) is 38.1. The first-order chi connectivity index (χ1) is 23.7. The lowest BCUT2D eigenvalue weighted by Gasteiger charge is -2.21. The van der Waals surface area contributed by atoms with E-state index in [9.17, 15) is 18.3 Å². The van der Waals surface area contributed by atoms with Crippen LogP contribution < -0.4 is 15.2 Å². The Balaban J connectivity index is 1.19. The lowest BCUT2D eigenvalue weighted by molar-refractivity contribution is 0.0695. The highest BCUT2D eigenvalue weighted by Crippen LogP contribution is 2.34. The van der Waals surface area contributed by atoms with Crippen molar-refractivity contribution >= 4 is 44.2 Å². The Hall–Kier alpha value is -5.09. The normalized spacial score (nSPS) is 11.6. The number of nitrogens with two attached hydrogens (primary N) is 1. The van der Waals surface area contributed by atoms with Crippen LogP contribution in [0.15, 0.2) is 128 Å². The number of fused-ring (bicyclic) bond motifs is 1. The fraction of sp³-hybridized carbons (Fsp3) is 0.154. The molecule has 6 rings (SSSR count). The summed E-state index contributed by atoms with van der Waals surface area (Å²) in [6.45, 7) is 0.340. The minimum absolute atomic E-state index is 0.0169. The van der Waals surface area contributed by atoms with Crippen molar-refractivity contribution in [2.24, 2.45) is 0 Å². The first-order valence-electron chi connectivity index (χ1n) is 15.9. The molecule has 10 heteroatoms. The Kier molecular flexibility index (Phi) is 10.3. The molecule has 0 atom stereocenters. The lowest BCUT2D eigenvalue weighted by atomic mass is 9.98. The van der Waals surface area contributed by atoms with Crippen LogP contribution >= 0.6 is 11.6 Å². The topological polar surface area (TPSA) is 124 Å². The van der Waals surface area contributed by atoms with E-state index >= 15 is 0 Å². The van der Waals surface area contributed by atoms with Gasteiger partial charge in [0.2, 0.25) is 10.0 Å². The summed E-state index contributed by atoms with van der Waals surface area (Å²) in [7, 11) is -3.70. The summed E-state index contributed by atoms with van der Waals surface area (Å²) < 4.78 is 36.4. The molecule has 250 valence electrons. The van der Waals surface area contributed by atoms with E-state index < -0.39 is 16.0 Å². The van der Waals surface area contributed by atoms with Crippen LogP contribution in [0.5, 0.6) is 5.75 Å². The number of benzene rings is 5. The van der Waals surface area contributed by atoms with Crippen molar-refractivity contribution in [3.8, 4) is 5.75 Å². The molecule has 0 unspecified atom stereocenters. The van der Waals surface area contributed by atoms with E-state index in [1.165, 1.54) is 6.07 Å².